The van der Waals surface area contributed by atoms with Crippen LogP contribution in [0.1, 0.15) is 11.1 Å². The number of aromatic nitrogens is 4. The number of phenols is 1. The Balaban J connectivity index is 1.30. The number of nitrogens with zero attached hydrogens (tertiary/aromatic N) is 5. The lowest BCUT2D eigenvalue weighted by Gasteiger charge is -2.26. The number of fused-ring (bicyclic) bond motifs is 1. The van der Waals surface area contributed by atoms with E-state index in [-0.39, 0.29) is 17.7 Å². The van der Waals surface area contributed by atoms with Crippen LogP contribution in [-0.4, -0.2) is 71.3 Å². The second kappa shape index (κ2) is 10.9. The van der Waals surface area contributed by atoms with Crippen LogP contribution >= 0.6 is 0 Å². The maximum absolute atomic E-state index is 9.79. The summed E-state index contributed by atoms with van der Waals surface area (Å²) in [6.07, 6.45) is 4.20. The molecule has 0 atom stereocenters. The molecule has 11 nitrogen and oxygen atoms in total. The van der Waals surface area contributed by atoms with Gasteiger partial charge in [0.25, 0.3) is 5.95 Å². The molecule has 0 spiro atoms. The lowest BCUT2D eigenvalue weighted by molar-refractivity contribution is 0.122. The summed E-state index contributed by atoms with van der Waals surface area (Å²) in [5.41, 5.74) is 5.84. The third-order valence-electron chi connectivity index (χ3n) is 5.75. The van der Waals surface area contributed by atoms with Gasteiger partial charge in [0.2, 0.25) is 5.95 Å². The van der Waals surface area contributed by atoms with Crippen molar-refractivity contribution in [3.05, 3.63) is 59.8 Å². The van der Waals surface area contributed by atoms with Crippen molar-refractivity contribution in [2.24, 2.45) is 5.10 Å². The van der Waals surface area contributed by atoms with E-state index in [2.05, 4.69) is 30.5 Å². The number of phenolic OH excluding ortho intramolecular Hbond substituents is 1. The third-order valence-corrected chi connectivity index (χ3v) is 5.75. The van der Waals surface area contributed by atoms with Gasteiger partial charge in [0, 0.05) is 42.2 Å². The molecule has 1 aliphatic rings. The molecule has 11 heteroatoms. The third kappa shape index (κ3) is 5.47. The van der Waals surface area contributed by atoms with Gasteiger partial charge in [-0.1, -0.05) is 24.3 Å². The fourth-order valence-electron chi connectivity index (χ4n) is 3.86. The number of aromatic amines is 1. The quantitative estimate of drug-likeness (QED) is 0.240. The highest BCUT2D eigenvalue weighted by Crippen LogP contribution is 2.26. The van der Waals surface area contributed by atoms with Crippen molar-refractivity contribution in [1.82, 2.24) is 19.9 Å². The molecule has 2 aromatic heterocycles. The number of rotatable bonds is 9. The van der Waals surface area contributed by atoms with Gasteiger partial charge in [0.1, 0.15) is 0 Å². The number of benzene rings is 2. The highest BCUT2D eigenvalue weighted by molar-refractivity contribution is 5.99. The van der Waals surface area contributed by atoms with Crippen LogP contribution in [-0.2, 0) is 11.2 Å². The minimum absolute atomic E-state index is 0.0960. The lowest BCUT2D eigenvalue weighted by atomic mass is 10.1. The number of para-hydroxylation sites is 1. The zero-order valence-corrected chi connectivity index (χ0v) is 19.8. The van der Waals surface area contributed by atoms with Crippen LogP contribution in [0.15, 0.2) is 53.8 Å². The monoisotopic (exact) mass is 489 g/mol. The molecule has 0 amide bonds. The molecule has 0 radical (unpaired) electrons. The molecule has 36 heavy (non-hydrogen) atoms. The molecule has 3 N–H and O–H groups in total. The molecular formula is C25H27N7O4. The van der Waals surface area contributed by atoms with E-state index in [1.54, 1.807) is 18.3 Å². The van der Waals surface area contributed by atoms with E-state index in [9.17, 15) is 5.11 Å². The van der Waals surface area contributed by atoms with Gasteiger partial charge in [-0.05, 0) is 23.8 Å². The molecule has 4 aromatic rings. The minimum Gasteiger partial charge on any atom is -0.504 e. The molecule has 1 saturated heterocycles. The van der Waals surface area contributed by atoms with Gasteiger partial charge in [-0.25, -0.2) is 5.43 Å². The second-order valence-electron chi connectivity index (χ2n) is 8.11. The summed E-state index contributed by atoms with van der Waals surface area (Å²) in [5, 5.41) is 15.2. The molecular weight excluding hydrogens is 462 g/mol. The Morgan fingerprint density at radius 2 is 2.03 bits per heavy atom. The van der Waals surface area contributed by atoms with E-state index in [4.69, 9.17) is 14.2 Å². The van der Waals surface area contributed by atoms with Crippen LogP contribution in [0.4, 0.5) is 11.9 Å². The smallest absolute Gasteiger partial charge is 0.323 e. The molecule has 1 fully saturated rings. The highest BCUT2D eigenvalue weighted by atomic mass is 16.5. The summed E-state index contributed by atoms with van der Waals surface area (Å²) in [7, 11) is 1.52. The summed E-state index contributed by atoms with van der Waals surface area (Å²) in [6, 6.07) is 13.4. The Morgan fingerprint density at radius 1 is 1.17 bits per heavy atom. The first-order chi connectivity index (χ1) is 17.7. The normalized spacial score (nSPS) is 13.9. The number of H-pyrrole nitrogens is 1. The van der Waals surface area contributed by atoms with Crippen LogP contribution in [0.5, 0.6) is 17.5 Å². The molecule has 5 rings (SSSR count). The average Bonchev–Trinajstić information content (AvgIpc) is 3.33. The maximum Gasteiger partial charge on any atom is 0.323 e. The molecule has 3 heterocycles. The number of ether oxygens (including phenoxy) is 3. The second-order valence-corrected chi connectivity index (χ2v) is 8.11. The predicted molar refractivity (Wildman–Crippen MR) is 136 cm³/mol. The number of morpholine rings is 1. The van der Waals surface area contributed by atoms with Crippen LogP contribution in [0.2, 0.25) is 0 Å². The Hall–Kier alpha value is -4.38. The number of anilines is 2. The van der Waals surface area contributed by atoms with Gasteiger partial charge in [-0.3, -0.25) is 0 Å². The Kier molecular flexibility index (Phi) is 7.08. The number of hydrazone groups is 1. The fourth-order valence-corrected chi connectivity index (χ4v) is 3.86. The molecule has 0 aliphatic carbocycles. The van der Waals surface area contributed by atoms with E-state index in [1.165, 1.54) is 7.11 Å². The van der Waals surface area contributed by atoms with E-state index in [1.807, 2.05) is 41.4 Å². The van der Waals surface area contributed by atoms with Crippen LogP contribution in [0.3, 0.4) is 0 Å². The number of hydrogen-bond donors (Lipinski definition) is 3. The molecule has 0 saturated carbocycles. The first kappa shape index (κ1) is 23.4. The van der Waals surface area contributed by atoms with E-state index in [0.29, 0.717) is 51.0 Å². The van der Waals surface area contributed by atoms with Crippen molar-refractivity contribution in [3.63, 3.8) is 0 Å². The number of methoxy groups -OCH3 is 1. The van der Waals surface area contributed by atoms with Gasteiger partial charge in [0.05, 0.1) is 33.1 Å². The van der Waals surface area contributed by atoms with Crippen molar-refractivity contribution < 1.29 is 19.3 Å². The molecule has 0 bridgehead atoms. The van der Waals surface area contributed by atoms with Gasteiger partial charge in [-0.2, -0.15) is 20.1 Å². The Bertz CT molecular complexity index is 1350. The number of nitrogens with one attached hydrogen (secondary N) is 2. The number of aromatic hydroxyl groups is 1. The summed E-state index contributed by atoms with van der Waals surface area (Å²) in [4.78, 5) is 18.7. The SMILES string of the molecule is COc1cc(CCOc2nc(N/N=C/c3c[nH]c4ccccc34)nc(N3CCOCC3)n2)ccc1O. The zero-order valence-electron chi connectivity index (χ0n) is 19.8. The zero-order chi connectivity index (χ0) is 24.7. The van der Waals surface area contributed by atoms with Gasteiger partial charge in [0.15, 0.2) is 11.5 Å². The van der Waals surface area contributed by atoms with Gasteiger partial charge < -0.3 is 29.2 Å². The average molecular weight is 490 g/mol. The van der Waals surface area contributed by atoms with Crippen molar-refractivity contribution in [3.8, 4) is 17.5 Å². The topological polar surface area (TPSA) is 130 Å². The summed E-state index contributed by atoms with van der Waals surface area (Å²) >= 11 is 0. The van der Waals surface area contributed by atoms with Gasteiger partial charge >= 0.3 is 6.01 Å². The van der Waals surface area contributed by atoms with Crippen molar-refractivity contribution >= 4 is 29.0 Å². The largest absolute Gasteiger partial charge is 0.504 e. The molecule has 0 unspecified atom stereocenters. The van der Waals surface area contributed by atoms with Crippen molar-refractivity contribution in [2.75, 3.05) is 50.3 Å². The highest BCUT2D eigenvalue weighted by Gasteiger charge is 2.17. The summed E-state index contributed by atoms with van der Waals surface area (Å²) < 4.78 is 16.5. The van der Waals surface area contributed by atoms with E-state index >= 15 is 0 Å². The molecule has 1 aliphatic heterocycles. The first-order valence-corrected chi connectivity index (χ1v) is 11.6. The number of hydrogen-bond acceptors (Lipinski definition) is 10. The van der Waals surface area contributed by atoms with Gasteiger partial charge in [-0.15, -0.1) is 0 Å². The van der Waals surface area contributed by atoms with Crippen LogP contribution in [0.25, 0.3) is 10.9 Å². The van der Waals surface area contributed by atoms with Crippen LogP contribution < -0.4 is 19.8 Å². The summed E-state index contributed by atoms with van der Waals surface area (Å²) in [6.45, 7) is 2.89. The van der Waals surface area contributed by atoms with Crippen molar-refractivity contribution in [1.29, 1.82) is 0 Å². The van der Waals surface area contributed by atoms with Crippen LogP contribution in [0, 0.1) is 0 Å². The first-order valence-electron chi connectivity index (χ1n) is 11.6. The summed E-state index contributed by atoms with van der Waals surface area (Å²) in [5.74, 6) is 1.30. The Labute approximate surface area is 207 Å². The Morgan fingerprint density at radius 3 is 2.89 bits per heavy atom. The molecule has 186 valence electrons. The maximum atomic E-state index is 9.79. The molecule has 2 aromatic carbocycles. The van der Waals surface area contributed by atoms with E-state index in [0.717, 1.165) is 22.0 Å². The minimum atomic E-state index is 0.0960. The standard InChI is InChI=1S/C25H27N7O4/c1-34-22-14-17(6-7-21(22)33)8-11-36-25-29-23(28-24(30-25)32-9-12-35-13-10-32)31-27-16-18-15-26-20-5-3-2-4-19(18)20/h2-7,14-16,26,33H,8-13H2,1H3,(H,28,29,30,31)/b27-16+. The lowest BCUT2D eigenvalue weighted by Crippen LogP contribution is -2.37. The van der Waals surface area contributed by atoms with Crippen molar-refractivity contribution in [2.45, 2.75) is 6.42 Å². The fraction of sp³-hybridized carbons (Fsp3) is 0.280. The predicted octanol–water partition coefficient (Wildman–Crippen LogP) is 2.97. The van der Waals surface area contributed by atoms with E-state index < -0.39 is 0 Å².